The van der Waals surface area contributed by atoms with Gasteiger partial charge < -0.3 is 4.90 Å². The Hall–Kier alpha value is -0.160. The summed E-state index contributed by atoms with van der Waals surface area (Å²) in [5, 5.41) is 1.96. The van der Waals surface area contributed by atoms with Crippen LogP contribution in [0.1, 0.15) is 26.1 Å². The van der Waals surface area contributed by atoms with Crippen LogP contribution in [-0.2, 0) is 6.42 Å². The van der Waals surface area contributed by atoms with E-state index < -0.39 is 0 Å². The van der Waals surface area contributed by atoms with Crippen molar-refractivity contribution in [3.63, 3.8) is 0 Å². The summed E-state index contributed by atoms with van der Waals surface area (Å²) in [4.78, 5) is 6.64. The predicted octanol–water partition coefficient (Wildman–Crippen LogP) is 2.71. The van der Waals surface area contributed by atoms with Crippen molar-refractivity contribution >= 4 is 32.6 Å². The van der Waals surface area contributed by atoms with E-state index >= 15 is 0 Å². The molecular weight excluding hydrogens is 262 g/mol. The Morgan fingerprint density at radius 1 is 1.57 bits per heavy atom. The van der Waals surface area contributed by atoms with Gasteiger partial charge in [-0.3, -0.25) is 0 Å². The van der Waals surface area contributed by atoms with Crippen LogP contribution >= 0.6 is 27.5 Å². The van der Waals surface area contributed by atoms with E-state index in [2.05, 4.69) is 51.1 Å². The van der Waals surface area contributed by atoms with Crippen LogP contribution < -0.4 is 4.90 Å². The van der Waals surface area contributed by atoms with Gasteiger partial charge in [-0.25, -0.2) is 4.98 Å². The minimum Gasteiger partial charge on any atom is -0.346 e. The SMILES string of the molecule is CCCc1nsc(N(C)C(C)CBr)n1. The van der Waals surface area contributed by atoms with Gasteiger partial charge in [0, 0.05) is 36.4 Å². The maximum absolute atomic E-state index is 4.48. The average Bonchev–Trinajstić information content (AvgIpc) is 2.64. The molecule has 80 valence electrons. The molecule has 0 aliphatic carbocycles. The van der Waals surface area contributed by atoms with Gasteiger partial charge in [0.05, 0.1) is 0 Å². The average molecular weight is 278 g/mol. The van der Waals surface area contributed by atoms with E-state index in [4.69, 9.17) is 0 Å². The fraction of sp³-hybridized carbons (Fsp3) is 0.778. The minimum atomic E-state index is 0.456. The monoisotopic (exact) mass is 277 g/mol. The molecule has 0 radical (unpaired) electrons. The van der Waals surface area contributed by atoms with E-state index in [-0.39, 0.29) is 0 Å². The molecule has 1 unspecified atom stereocenters. The lowest BCUT2D eigenvalue weighted by Gasteiger charge is -2.21. The highest BCUT2D eigenvalue weighted by Crippen LogP contribution is 2.19. The number of aryl methyl sites for hydroxylation is 1. The van der Waals surface area contributed by atoms with Gasteiger partial charge in [0.1, 0.15) is 5.82 Å². The normalized spacial score (nSPS) is 12.9. The highest BCUT2D eigenvalue weighted by atomic mass is 79.9. The van der Waals surface area contributed by atoms with E-state index in [0.717, 1.165) is 29.1 Å². The first kappa shape index (κ1) is 11.9. The molecule has 1 aromatic rings. The summed E-state index contributed by atoms with van der Waals surface area (Å²) >= 11 is 4.95. The maximum atomic E-state index is 4.48. The third-order valence-electron chi connectivity index (χ3n) is 2.12. The molecule has 1 atom stereocenters. The van der Waals surface area contributed by atoms with E-state index in [9.17, 15) is 0 Å². The zero-order valence-electron chi connectivity index (χ0n) is 8.83. The second-order valence-electron chi connectivity index (χ2n) is 3.36. The molecule has 3 nitrogen and oxygen atoms in total. The van der Waals surface area contributed by atoms with E-state index in [1.807, 2.05) is 0 Å². The van der Waals surface area contributed by atoms with Crippen molar-refractivity contribution < 1.29 is 0 Å². The molecule has 14 heavy (non-hydrogen) atoms. The van der Waals surface area contributed by atoms with Crippen LogP contribution in [0.5, 0.6) is 0 Å². The van der Waals surface area contributed by atoms with Crippen molar-refractivity contribution in [1.82, 2.24) is 9.36 Å². The van der Waals surface area contributed by atoms with Crippen molar-refractivity contribution in [2.75, 3.05) is 17.3 Å². The number of alkyl halides is 1. The van der Waals surface area contributed by atoms with Crippen LogP contribution in [0.25, 0.3) is 0 Å². The molecule has 0 aromatic carbocycles. The zero-order valence-corrected chi connectivity index (χ0v) is 11.2. The lowest BCUT2D eigenvalue weighted by molar-refractivity contribution is 0.760. The van der Waals surface area contributed by atoms with Crippen molar-refractivity contribution in [1.29, 1.82) is 0 Å². The topological polar surface area (TPSA) is 29.0 Å². The van der Waals surface area contributed by atoms with Crippen molar-refractivity contribution in [3.05, 3.63) is 5.82 Å². The second kappa shape index (κ2) is 5.66. The Kier molecular flexibility index (Phi) is 4.81. The summed E-state index contributed by atoms with van der Waals surface area (Å²) < 4.78 is 4.32. The van der Waals surface area contributed by atoms with Crippen molar-refractivity contribution in [2.45, 2.75) is 32.7 Å². The number of nitrogens with zero attached hydrogens (tertiary/aromatic N) is 3. The van der Waals surface area contributed by atoms with Crippen LogP contribution in [-0.4, -0.2) is 27.8 Å². The fourth-order valence-corrected chi connectivity index (χ4v) is 2.21. The van der Waals surface area contributed by atoms with Crippen molar-refractivity contribution in [2.24, 2.45) is 0 Å². The maximum Gasteiger partial charge on any atom is 0.205 e. The van der Waals surface area contributed by atoms with Gasteiger partial charge in [0.15, 0.2) is 0 Å². The molecule has 1 heterocycles. The quantitative estimate of drug-likeness (QED) is 0.775. The first-order valence-electron chi connectivity index (χ1n) is 4.80. The van der Waals surface area contributed by atoms with Gasteiger partial charge in [-0.05, 0) is 13.3 Å². The molecule has 1 aromatic heterocycles. The van der Waals surface area contributed by atoms with E-state index in [0.29, 0.717) is 6.04 Å². The number of hydrogen-bond donors (Lipinski definition) is 0. The van der Waals surface area contributed by atoms with Gasteiger partial charge >= 0.3 is 0 Å². The first-order chi connectivity index (χ1) is 6.69. The predicted molar refractivity (Wildman–Crippen MR) is 65.6 cm³/mol. The van der Waals surface area contributed by atoms with Crippen molar-refractivity contribution in [3.8, 4) is 0 Å². The lowest BCUT2D eigenvalue weighted by Crippen LogP contribution is -2.29. The third-order valence-corrected chi connectivity index (χ3v) is 3.90. The fourth-order valence-electron chi connectivity index (χ4n) is 1.01. The molecule has 0 saturated carbocycles. The molecule has 0 spiro atoms. The highest BCUT2D eigenvalue weighted by Gasteiger charge is 2.12. The number of hydrogen-bond acceptors (Lipinski definition) is 4. The van der Waals surface area contributed by atoms with Crippen LogP contribution in [0, 0.1) is 0 Å². The Bertz CT molecular complexity index is 277. The summed E-state index contributed by atoms with van der Waals surface area (Å²) in [7, 11) is 2.06. The number of aromatic nitrogens is 2. The summed E-state index contributed by atoms with van der Waals surface area (Å²) in [5.74, 6) is 0.973. The van der Waals surface area contributed by atoms with Crippen LogP contribution in [0.4, 0.5) is 5.13 Å². The van der Waals surface area contributed by atoms with Crippen LogP contribution in [0.15, 0.2) is 0 Å². The van der Waals surface area contributed by atoms with Gasteiger partial charge in [0.2, 0.25) is 5.13 Å². The Morgan fingerprint density at radius 2 is 2.29 bits per heavy atom. The molecule has 0 fully saturated rings. The molecule has 0 aliphatic heterocycles. The minimum absolute atomic E-state index is 0.456. The lowest BCUT2D eigenvalue weighted by atomic mass is 10.3. The number of rotatable bonds is 5. The zero-order chi connectivity index (χ0) is 10.6. The third kappa shape index (κ3) is 2.92. The molecule has 5 heteroatoms. The Balaban J connectivity index is 2.65. The number of anilines is 1. The summed E-state index contributed by atoms with van der Waals surface area (Å²) in [6, 6.07) is 0.456. The van der Waals surface area contributed by atoms with Gasteiger partial charge in [-0.1, -0.05) is 22.9 Å². The van der Waals surface area contributed by atoms with Crippen LogP contribution in [0.3, 0.4) is 0 Å². The van der Waals surface area contributed by atoms with E-state index in [1.54, 1.807) is 0 Å². The molecule has 1 rings (SSSR count). The molecular formula is C9H16BrN3S. The Morgan fingerprint density at radius 3 is 2.86 bits per heavy atom. The smallest absolute Gasteiger partial charge is 0.205 e. The Labute approximate surface area is 97.8 Å². The number of halogens is 1. The largest absolute Gasteiger partial charge is 0.346 e. The van der Waals surface area contributed by atoms with E-state index in [1.165, 1.54) is 11.5 Å². The molecule has 0 aliphatic rings. The molecule has 0 bridgehead atoms. The van der Waals surface area contributed by atoms with Crippen LogP contribution in [0.2, 0.25) is 0 Å². The standard InChI is InChI=1S/C9H16BrN3S/c1-4-5-8-11-9(14-12-8)13(3)7(2)6-10/h7H,4-6H2,1-3H3. The summed E-state index contributed by atoms with van der Waals surface area (Å²) in [6.07, 6.45) is 2.08. The second-order valence-corrected chi connectivity index (χ2v) is 4.74. The first-order valence-corrected chi connectivity index (χ1v) is 6.69. The molecule has 0 N–H and O–H groups in total. The molecule has 0 amide bonds. The van der Waals surface area contributed by atoms with Gasteiger partial charge in [-0.2, -0.15) is 4.37 Å². The van der Waals surface area contributed by atoms with Gasteiger partial charge in [-0.15, -0.1) is 0 Å². The van der Waals surface area contributed by atoms with Gasteiger partial charge in [0.25, 0.3) is 0 Å². The summed E-state index contributed by atoms with van der Waals surface area (Å²) in [5.41, 5.74) is 0. The molecule has 0 saturated heterocycles. The highest BCUT2D eigenvalue weighted by molar-refractivity contribution is 9.09. The summed E-state index contributed by atoms with van der Waals surface area (Å²) in [6.45, 7) is 4.31.